The highest BCUT2D eigenvalue weighted by Gasteiger charge is 2.24. The quantitative estimate of drug-likeness (QED) is 0.871. The van der Waals surface area contributed by atoms with Crippen molar-refractivity contribution < 1.29 is 24.5 Å². The van der Waals surface area contributed by atoms with Crippen molar-refractivity contribution in [3.8, 4) is 5.75 Å². The third kappa shape index (κ3) is 3.15. The van der Waals surface area contributed by atoms with E-state index in [1.807, 2.05) is 0 Å². The summed E-state index contributed by atoms with van der Waals surface area (Å²) in [6, 6.07) is 6.47. The number of piperidine rings is 1. The number of ether oxygens (including phenoxy) is 1. The molecule has 1 heterocycles. The van der Waals surface area contributed by atoms with Gasteiger partial charge in [-0.25, -0.2) is 9.59 Å². The number of nitrogens with zero attached hydrogens (tertiary/aromatic N) is 1. The average Bonchev–Trinajstić information content (AvgIpc) is 2.39. The van der Waals surface area contributed by atoms with Crippen molar-refractivity contribution in [2.45, 2.75) is 18.9 Å². The van der Waals surface area contributed by atoms with E-state index in [0.29, 0.717) is 31.7 Å². The second-order valence-electron chi connectivity index (χ2n) is 4.39. The second-order valence-corrected chi connectivity index (χ2v) is 4.39. The van der Waals surface area contributed by atoms with Gasteiger partial charge in [0, 0.05) is 25.9 Å². The number of amides is 1. The van der Waals surface area contributed by atoms with Crippen LogP contribution in [0.3, 0.4) is 0 Å². The third-order valence-corrected chi connectivity index (χ3v) is 3.12. The van der Waals surface area contributed by atoms with Gasteiger partial charge >= 0.3 is 12.1 Å². The van der Waals surface area contributed by atoms with Gasteiger partial charge in [-0.15, -0.1) is 0 Å². The molecule has 0 aromatic heterocycles. The number of carboxylic acids is 1. The Balaban J connectivity index is 2.00. The summed E-state index contributed by atoms with van der Waals surface area (Å²) in [5, 5.41) is 17.9. The summed E-state index contributed by atoms with van der Waals surface area (Å²) in [7, 11) is 0. The van der Waals surface area contributed by atoms with Crippen LogP contribution in [0, 0.1) is 0 Å². The Hall–Kier alpha value is -2.24. The number of likely N-dealkylation sites (tertiary alicyclic amines) is 1. The number of hydrogen-bond acceptors (Lipinski definition) is 3. The zero-order valence-electron chi connectivity index (χ0n) is 10.3. The van der Waals surface area contributed by atoms with E-state index >= 15 is 0 Å². The number of aromatic carboxylic acids is 1. The second kappa shape index (κ2) is 5.60. The van der Waals surface area contributed by atoms with Gasteiger partial charge in [-0.1, -0.05) is 12.1 Å². The van der Waals surface area contributed by atoms with Crippen LogP contribution in [0.1, 0.15) is 23.2 Å². The van der Waals surface area contributed by atoms with Crippen LogP contribution in [0.4, 0.5) is 4.79 Å². The molecule has 1 aliphatic heterocycles. The first kappa shape index (κ1) is 13.2. The summed E-state index contributed by atoms with van der Waals surface area (Å²) in [5.74, 6) is -0.692. The molecule has 0 saturated carbocycles. The van der Waals surface area contributed by atoms with Crippen molar-refractivity contribution in [3.63, 3.8) is 0 Å². The van der Waals surface area contributed by atoms with Crippen LogP contribution in [0.2, 0.25) is 0 Å². The molecule has 2 rings (SSSR count). The lowest BCUT2D eigenvalue weighted by molar-refractivity contribution is 0.0678. The highest BCUT2D eigenvalue weighted by molar-refractivity contribution is 5.90. The van der Waals surface area contributed by atoms with Crippen LogP contribution in [0.25, 0.3) is 0 Å². The summed E-state index contributed by atoms with van der Waals surface area (Å²) >= 11 is 0. The van der Waals surface area contributed by atoms with Crippen molar-refractivity contribution >= 4 is 12.1 Å². The van der Waals surface area contributed by atoms with Gasteiger partial charge in [0.15, 0.2) is 0 Å². The molecule has 6 nitrogen and oxygen atoms in total. The SMILES string of the molecule is O=C(O)c1ccccc1OC1CCN(C(=O)O)CC1. The van der Waals surface area contributed by atoms with Crippen LogP contribution < -0.4 is 4.74 Å². The maximum absolute atomic E-state index is 11.0. The Morgan fingerprint density at radius 1 is 1.16 bits per heavy atom. The standard InChI is InChI=1S/C13H15NO5/c15-12(16)10-3-1-2-4-11(10)19-9-5-7-14(8-6-9)13(17)18/h1-4,9H,5-8H2,(H,15,16)(H,17,18). The molecule has 0 bridgehead atoms. The molecule has 1 saturated heterocycles. The molecular formula is C13H15NO5. The van der Waals surface area contributed by atoms with Gasteiger partial charge in [-0.05, 0) is 12.1 Å². The fourth-order valence-corrected chi connectivity index (χ4v) is 2.09. The number of hydrogen-bond donors (Lipinski definition) is 2. The highest BCUT2D eigenvalue weighted by Crippen LogP contribution is 2.23. The van der Waals surface area contributed by atoms with Crippen molar-refractivity contribution in [3.05, 3.63) is 29.8 Å². The zero-order chi connectivity index (χ0) is 13.8. The topological polar surface area (TPSA) is 87.1 Å². The van der Waals surface area contributed by atoms with E-state index in [2.05, 4.69) is 0 Å². The maximum Gasteiger partial charge on any atom is 0.407 e. The van der Waals surface area contributed by atoms with Crippen molar-refractivity contribution in [2.24, 2.45) is 0 Å². The highest BCUT2D eigenvalue weighted by atomic mass is 16.5. The Bertz CT molecular complexity index is 480. The van der Waals surface area contributed by atoms with E-state index in [1.165, 1.54) is 11.0 Å². The minimum atomic E-state index is -1.03. The van der Waals surface area contributed by atoms with Crippen molar-refractivity contribution in [2.75, 3.05) is 13.1 Å². The molecule has 1 fully saturated rings. The zero-order valence-corrected chi connectivity index (χ0v) is 10.3. The molecule has 6 heteroatoms. The molecule has 19 heavy (non-hydrogen) atoms. The van der Waals surface area contributed by atoms with E-state index in [0.717, 1.165) is 0 Å². The van der Waals surface area contributed by atoms with Gasteiger partial charge in [0.2, 0.25) is 0 Å². The smallest absolute Gasteiger partial charge is 0.407 e. The molecule has 1 aromatic carbocycles. The van der Waals surface area contributed by atoms with Crippen LogP contribution in [-0.2, 0) is 0 Å². The van der Waals surface area contributed by atoms with E-state index < -0.39 is 12.1 Å². The molecule has 1 aromatic rings. The predicted molar refractivity (Wildman–Crippen MR) is 66.6 cm³/mol. The molecule has 0 unspecified atom stereocenters. The first-order chi connectivity index (χ1) is 9.08. The first-order valence-corrected chi connectivity index (χ1v) is 6.05. The summed E-state index contributed by atoms with van der Waals surface area (Å²) in [5.41, 5.74) is 0.128. The fraction of sp³-hybridized carbons (Fsp3) is 0.385. The summed E-state index contributed by atoms with van der Waals surface area (Å²) in [4.78, 5) is 23.1. The molecular weight excluding hydrogens is 250 g/mol. The van der Waals surface area contributed by atoms with E-state index in [-0.39, 0.29) is 11.7 Å². The Morgan fingerprint density at radius 3 is 2.37 bits per heavy atom. The molecule has 1 amide bonds. The van der Waals surface area contributed by atoms with E-state index in [9.17, 15) is 9.59 Å². The minimum absolute atomic E-state index is 0.128. The van der Waals surface area contributed by atoms with Crippen LogP contribution in [0.5, 0.6) is 5.75 Å². The number of para-hydroxylation sites is 1. The number of rotatable bonds is 3. The fourth-order valence-electron chi connectivity index (χ4n) is 2.09. The normalized spacial score (nSPS) is 16.1. The first-order valence-electron chi connectivity index (χ1n) is 6.05. The van der Waals surface area contributed by atoms with E-state index in [4.69, 9.17) is 14.9 Å². The predicted octanol–water partition coefficient (Wildman–Crippen LogP) is 1.91. The van der Waals surface area contributed by atoms with Crippen molar-refractivity contribution in [1.82, 2.24) is 4.90 Å². The number of benzene rings is 1. The molecule has 0 spiro atoms. The lowest BCUT2D eigenvalue weighted by atomic mass is 10.1. The third-order valence-electron chi connectivity index (χ3n) is 3.12. The average molecular weight is 265 g/mol. The van der Waals surface area contributed by atoms with Gasteiger partial charge < -0.3 is 19.8 Å². The lowest BCUT2D eigenvalue weighted by Crippen LogP contribution is -2.41. The van der Waals surface area contributed by atoms with E-state index in [1.54, 1.807) is 18.2 Å². The van der Waals surface area contributed by atoms with Crippen LogP contribution >= 0.6 is 0 Å². The van der Waals surface area contributed by atoms with Gasteiger partial charge in [-0.2, -0.15) is 0 Å². The molecule has 0 radical (unpaired) electrons. The molecule has 0 aliphatic carbocycles. The monoisotopic (exact) mass is 265 g/mol. The molecule has 2 N–H and O–H groups in total. The minimum Gasteiger partial charge on any atom is -0.489 e. The van der Waals surface area contributed by atoms with Crippen molar-refractivity contribution in [1.29, 1.82) is 0 Å². The number of carbonyl (C=O) groups is 2. The molecule has 102 valence electrons. The van der Waals surface area contributed by atoms with Gasteiger partial charge in [-0.3, -0.25) is 0 Å². The molecule has 1 aliphatic rings. The Labute approximate surface area is 110 Å². The maximum atomic E-state index is 11.0. The summed E-state index contributed by atoms with van der Waals surface area (Å²) < 4.78 is 5.68. The van der Waals surface area contributed by atoms with Gasteiger partial charge in [0.05, 0.1) is 0 Å². The summed E-state index contributed by atoms with van der Waals surface area (Å²) in [6.45, 7) is 0.824. The largest absolute Gasteiger partial charge is 0.489 e. The van der Waals surface area contributed by atoms with Gasteiger partial charge in [0.1, 0.15) is 17.4 Å². The van der Waals surface area contributed by atoms with Gasteiger partial charge in [0.25, 0.3) is 0 Å². The van der Waals surface area contributed by atoms with Crippen LogP contribution in [-0.4, -0.2) is 46.4 Å². The van der Waals surface area contributed by atoms with Crippen LogP contribution in [0.15, 0.2) is 24.3 Å². The Kier molecular flexibility index (Phi) is 3.89. The summed E-state index contributed by atoms with van der Waals surface area (Å²) in [6.07, 6.45) is 0.0704. The molecule has 0 atom stereocenters. The number of carboxylic acid groups (broad SMARTS) is 2. The Morgan fingerprint density at radius 2 is 1.79 bits per heavy atom. The lowest BCUT2D eigenvalue weighted by Gasteiger charge is -2.30.